The van der Waals surface area contributed by atoms with E-state index in [0.717, 1.165) is 12.8 Å². The quantitative estimate of drug-likeness (QED) is 0.809. The molecule has 0 fully saturated rings. The number of hydrogen-bond donors (Lipinski definition) is 1. The van der Waals surface area contributed by atoms with Crippen LogP contribution in [0, 0.1) is 0 Å². The van der Waals surface area contributed by atoms with Crippen LogP contribution in [0.15, 0.2) is 22.9 Å². The number of carbonyl (C=O) groups excluding carboxylic acids is 1. The summed E-state index contributed by atoms with van der Waals surface area (Å²) in [5.74, 6) is -0.495. The lowest BCUT2D eigenvalue weighted by atomic mass is 10.3. The molecule has 2 N–H and O–H groups in total. The maximum absolute atomic E-state index is 12.2. The zero-order chi connectivity index (χ0) is 15.5. The molecule has 0 spiro atoms. The van der Waals surface area contributed by atoms with E-state index < -0.39 is 16.1 Å². The van der Waals surface area contributed by atoms with E-state index in [2.05, 4.69) is 9.97 Å². The molecule has 0 saturated carbocycles. The summed E-state index contributed by atoms with van der Waals surface area (Å²) in [4.78, 5) is 19.3. The summed E-state index contributed by atoms with van der Waals surface area (Å²) in [6.07, 6.45) is 4.81. The predicted molar refractivity (Wildman–Crippen MR) is 77.2 cm³/mol. The van der Waals surface area contributed by atoms with Crippen molar-refractivity contribution in [3.8, 4) is 0 Å². The lowest BCUT2D eigenvalue weighted by molar-refractivity contribution is 0.256. The van der Waals surface area contributed by atoms with Crippen molar-refractivity contribution in [2.75, 3.05) is 10.1 Å². The van der Waals surface area contributed by atoms with Crippen LogP contribution in [0.4, 0.5) is 10.7 Å². The van der Waals surface area contributed by atoms with E-state index in [9.17, 15) is 13.2 Å². The summed E-state index contributed by atoms with van der Waals surface area (Å²) < 4.78 is 30.0. The van der Waals surface area contributed by atoms with Gasteiger partial charge in [0.05, 0.1) is 17.4 Å². The standard InChI is InChI=1S/C12H16N4O4S/c1-2-3-4-7-21(18,19)16(11(13)17)12-14-8-9-5-6-20-10(9)15-12/h5-6,8H,2-4,7H2,1H3,(H2,13,17). The molecular weight excluding hydrogens is 296 g/mol. The first-order chi connectivity index (χ1) is 9.95. The molecule has 0 aromatic carbocycles. The van der Waals surface area contributed by atoms with Crippen LogP contribution in [0.2, 0.25) is 0 Å². The van der Waals surface area contributed by atoms with E-state index in [0.29, 0.717) is 16.1 Å². The van der Waals surface area contributed by atoms with Crippen molar-refractivity contribution < 1.29 is 17.6 Å². The van der Waals surface area contributed by atoms with Gasteiger partial charge in [-0.05, 0) is 12.5 Å². The van der Waals surface area contributed by atoms with E-state index in [4.69, 9.17) is 10.2 Å². The van der Waals surface area contributed by atoms with Crippen LogP contribution < -0.4 is 10.0 Å². The number of hydrogen-bond acceptors (Lipinski definition) is 6. The van der Waals surface area contributed by atoms with Gasteiger partial charge < -0.3 is 10.2 Å². The second kappa shape index (κ2) is 6.08. The van der Waals surface area contributed by atoms with Crippen LogP contribution in [-0.2, 0) is 10.0 Å². The summed E-state index contributed by atoms with van der Waals surface area (Å²) in [7, 11) is -3.91. The fraction of sp³-hybridized carbons (Fsp3) is 0.417. The van der Waals surface area contributed by atoms with Gasteiger partial charge in [0.1, 0.15) is 0 Å². The molecule has 0 aliphatic rings. The van der Waals surface area contributed by atoms with Crippen LogP contribution >= 0.6 is 0 Å². The Morgan fingerprint density at radius 3 is 2.86 bits per heavy atom. The molecule has 2 aromatic rings. The molecule has 114 valence electrons. The number of rotatable bonds is 6. The minimum atomic E-state index is -3.91. The SMILES string of the molecule is CCCCCS(=O)(=O)N(C(N)=O)c1ncc2ccoc2n1. The number of urea groups is 1. The Labute approximate surface area is 122 Å². The monoisotopic (exact) mass is 312 g/mol. The molecule has 8 nitrogen and oxygen atoms in total. The number of primary amides is 1. The summed E-state index contributed by atoms with van der Waals surface area (Å²) >= 11 is 0. The number of nitrogens with two attached hydrogens (primary N) is 1. The average Bonchev–Trinajstić information content (AvgIpc) is 2.85. The fourth-order valence-corrected chi connectivity index (χ4v) is 3.19. The summed E-state index contributed by atoms with van der Waals surface area (Å²) in [5, 5.41) is 0.603. The number of nitrogens with zero attached hydrogens (tertiary/aromatic N) is 3. The van der Waals surface area contributed by atoms with Crippen molar-refractivity contribution in [3.63, 3.8) is 0 Å². The summed E-state index contributed by atoms with van der Waals surface area (Å²) in [5.41, 5.74) is 5.37. The van der Waals surface area contributed by atoms with Crippen LogP contribution in [0.1, 0.15) is 26.2 Å². The Bertz CT molecular complexity index is 741. The van der Waals surface area contributed by atoms with E-state index in [1.807, 2.05) is 6.92 Å². The van der Waals surface area contributed by atoms with Crippen molar-refractivity contribution >= 4 is 33.1 Å². The van der Waals surface area contributed by atoms with E-state index in [-0.39, 0.29) is 17.4 Å². The molecule has 0 saturated heterocycles. The molecule has 0 aliphatic carbocycles. The summed E-state index contributed by atoms with van der Waals surface area (Å²) in [6, 6.07) is 0.487. The van der Waals surface area contributed by atoms with Crippen LogP contribution in [0.5, 0.6) is 0 Å². The topological polar surface area (TPSA) is 119 Å². The first-order valence-electron chi connectivity index (χ1n) is 6.48. The Hall–Kier alpha value is -2.16. The molecular formula is C12H16N4O4S. The second-order valence-corrected chi connectivity index (χ2v) is 6.41. The smallest absolute Gasteiger partial charge is 0.335 e. The zero-order valence-electron chi connectivity index (χ0n) is 11.5. The Balaban J connectivity index is 2.35. The van der Waals surface area contributed by atoms with Crippen molar-refractivity contribution in [2.24, 2.45) is 5.73 Å². The van der Waals surface area contributed by atoms with E-state index >= 15 is 0 Å². The van der Waals surface area contributed by atoms with Crippen molar-refractivity contribution in [1.82, 2.24) is 9.97 Å². The third kappa shape index (κ3) is 3.30. The normalized spacial score (nSPS) is 11.7. The van der Waals surface area contributed by atoms with Crippen LogP contribution in [-0.4, -0.2) is 30.2 Å². The third-order valence-electron chi connectivity index (χ3n) is 2.86. The lowest BCUT2D eigenvalue weighted by Gasteiger charge is -2.17. The van der Waals surface area contributed by atoms with Gasteiger partial charge in [-0.3, -0.25) is 0 Å². The molecule has 0 aliphatic heterocycles. The highest BCUT2D eigenvalue weighted by molar-refractivity contribution is 7.93. The lowest BCUT2D eigenvalue weighted by Crippen LogP contribution is -2.43. The molecule has 2 aromatic heterocycles. The Morgan fingerprint density at radius 2 is 2.19 bits per heavy atom. The number of unbranched alkanes of at least 4 members (excludes halogenated alkanes) is 2. The van der Waals surface area contributed by atoms with Crippen molar-refractivity contribution in [2.45, 2.75) is 26.2 Å². The van der Waals surface area contributed by atoms with Gasteiger partial charge in [0.25, 0.3) is 5.95 Å². The largest absolute Gasteiger partial charge is 0.446 e. The molecule has 0 radical (unpaired) electrons. The highest BCUT2D eigenvalue weighted by atomic mass is 32.2. The molecule has 0 unspecified atom stereocenters. The molecule has 9 heteroatoms. The number of furan rings is 1. The average molecular weight is 312 g/mol. The zero-order valence-corrected chi connectivity index (χ0v) is 12.3. The van der Waals surface area contributed by atoms with Gasteiger partial charge in [0, 0.05) is 6.20 Å². The first-order valence-corrected chi connectivity index (χ1v) is 8.09. The van der Waals surface area contributed by atoms with Crippen molar-refractivity contribution in [3.05, 3.63) is 18.5 Å². The van der Waals surface area contributed by atoms with Crippen LogP contribution in [0.25, 0.3) is 11.1 Å². The van der Waals surface area contributed by atoms with Gasteiger partial charge in [-0.1, -0.05) is 19.8 Å². The first kappa shape index (κ1) is 15.2. The molecule has 2 rings (SSSR count). The molecule has 21 heavy (non-hydrogen) atoms. The minimum absolute atomic E-state index is 0.190. The van der Waals surface area contributed by atoms with Gasteiger partial charge in [0.15, 0.2) is 0 Å². The highest BCUT2D eigenvalue weighted by Gasteiger charge is 2.29. The maximum atomic E-state index is 12.2. The number of amides is 2. The number of aromatic nitrogens is 2. The maximum Gasteiger partial charge on any atom is 0.335 e. The third-order valence-corrected chi connectivity index (χ3v) is 4.56. The number of sulfonamides is 1. The Morgan fingerprint density at radius 1 is 1.43 bits per heavy atom. The number of anilines is 1. The van der Waals surface area contributed by atoms with Gasteiger partial charge in [-0.25, -0.2) is 18.2 Å². The van der Waals surface area contributed by atoms with E-state index in [1.165, 1.54) is 12.5 Å². The second-order valence-electron chi connectivity index (χ2n) is 4.48. The number of fused-ring (bicyclic) bond motifs is 1. The minimum Gasteiger partial charge on any atom is -0.446 e. The fourth-order valence-electron chi connectivity index (χ4n) is 1.83. The molecule has 0 bridgehead atoms. The van der Waals surface area contributed by atoms with Gasteiger partial charge in [-0.2, -0.15) is 9.29 Å². The van der Waals surface area contributed by atoms with Gasteiger partial charge >= 0.3 is 6.03 Å². The van der Waals surface area contributed by atoms with Gasteiger partial charge in [0.2, 0.25) is 15.7 Å². The molecule has 0 atom stereocenters. The molecule has 2 heterocycles. The highest BCUT2D eigenvalue weighted by Crippen LogP contribution is 2.19. The summed E-state index contributed by atoms with van der Waals surface area (Å²) in [6.45, 7) is 1.95. The van der Waals surface area contributed by atoms with Crippen LogP contribution in [0.3, 0.4) is 0 Å². The molecule has 2 amide bonds. The predicted octanol–water partition coefficient (Wildman–Crippen LogP) is 1.63. The van der Waals surface area contributed by atoms with Crippen molar-refractivity contribution in [1.29, 1.82) is 0 Å². The Kier molecular flexibility index (Phi) is 4.41. The van der Waals surface area contributed by atoms with Gasteiger partial charge in [-0.15, -0.1) is 0 Å². The van der Waals surface area contributed by atoms with E-state index in [1.54, 1.807) is 6.07 Å². The number of carbonyl (C=O) groups is 1.